The molecule has 1 amide bonds. The van der Waals surface area contributed by atoms with E-state index in [4.69, 9.17) is 23.8 Å². The van der Waals surface area contributed by atoms with E-state index in [-0.39, 0.29) is 27.9 Å². The Labute approximate surface area is 231 Å². The summed E-state index contributed by atoms with van der Waals surface area (Å²) in [5.41, 5.74) is 10.1. The Morgan fingerprint density at radius 3 is 2.68 bits per heavy atom. The van der Waals surface area contributed by atoms with Crippen molar-refractivity contribution >= 4 is 40.7 Å². The average molecular weight is 554 g/mol. The summed E-state index contributed by atoms with van der Waals surface area (Å²) < 4.78 is 14.2. The van der Waals surface area contributed by atoms with E-state index in [1.807, 2.05) is 12.1 Å². The van der Waals surface area contributed by atoms with Gasteiger partial charge in [-0.3, -0.25) is 20.6 Å². The smallest absolute Gasteiger partial charge is 0.252 e. The first-order valence-corrected chi connectivity index (χ1v) is 13.5. The van der Waals surface area contributed by atoms with E-state index in [0.29, 0.717) is 17.9 Å². The van der Waals surface area contributed by atoms with Crippen LogP contribution in [0.5, 0.6) is 0 Å². The third-order valence-electron chi connectivity index (χ3n) is 6.93. The predicted molar refractivity (Wildman–Crippen MR) is 150 cm³/mol. The standard InChI is InChI=1S/C27H29ClFN7OS/c28-23-13-19(26(37)31-9-12-36-10-1-2-11-36)15-32-25(23)34-35-27(38)33-24-21-14-20(29)6-5-17(21)3-4-18-7-8-30-16-22(18)24/h5-8,13-16,24H,1-4,9-12H2,(H,31,37)(H,32,34)(H2,33,35,38). The minimum absolute atomic E-state index is 0.221. The van der Waals surface area contributed by atoms with Crippen LogP contribution < -0.4 is 21.5 Å². The van der Waals surface area contributed by atoms with Gasteiger partial charge in [-0.25, -0.2) is 9.37 Å². The highest BCUT2D eigenvalue weighted by Gasteiger charge is 2.25. The first-order chi connectivity index (χ1) is 18.5. The molecular weight excluding hydrogens is 525 g/mol. The van der Waals surface area contributed by atoms with Crippen LogP contribution in [0.25, 0.3) is 0 Å². The van der Waals surface area contributed by atoms with E-state index in [1.54, 1.807) is 24.5 Å². The van der Waals surface area contributed by atoms with E-state index < -0.39 is 0 Å². The summed E-state index contributed by atoms with van der Waals surface area (Å²) in [6.07, 6.45) is 9.06. The second-order valence-corrected chi connectivity index (χ2v) is 10.2. The number of hydrogen-bond acceptors (Lipinski definition) is 6. The number of nitrogens with one attached hydrogen (secondary N) is 4. The molecule has 1 atom stereocenters. The van der Waals surface area contributed by atoms with Gasteiger partial charge in [0.2, 0.25) is 0 Å². The van der Waals surface area contributed by atoms with E-state index >= 15 is 0 Å². The van der Waals surface area contributed by atoms with Crippen molar-refractivity contribution in [2.75, 3.05) is 31.6 Å². The molecule has 1 unspecified atom stereocenters. The first kappa shape index (κ1) is 26.3. The number of anilines is 1. The maximum atomic E-state index is 14.2. The molecule has 198 valence electrons. The summed E-state index contributed by atoms with van der Waals surface area (Å²) in [7, 11) is 0. The van der Waals surface area contributed by atoms with Gasteiger partial charge in [0.25, 0.3) is 5.91 Å². The van der Waals surface area contributed by atoms with Crippen LogP contribution in [0.4, 0.5) is 10.2 Å². The molecule has 1 fully saturated rings. The third-order valence-corrected chi connectivity index (χ3v) is 7.43. The van der Waals surface area contributed by atoms with Crippen LogP contribution in [-0.4, -0.2) is 52.1 Å². The van der Waals surface area contributed by atoms with E-state index in [9.17, 15) is 9.18 Å². The zero-order valence-corrected chi connectivity index (χ0v) is 22.3. The molecule has 2 aliphatic rings. The van der Waals surface area contributed by atoms with Crippen molar-refractivity contribution in [3.05, 3.63) is 87.6 Å². The highest BCUT2D eigenvalue weighted by atomic mass is 35.5. The lowest BCUT2D eigenvalue weighted by Gasteiger charge is -2.23. The number of aryl methyl sites for hydroxylation is 2. The van der Waals surface area contributed by atoms with Gasteiger partial charge in [0.1, 0.15) is 5.82 Å². The van der Waals surface area contributed by atoms with Crippen LogP contribution >= 0.6 is 23.8 Å². The summed E-state index contributed by atoms with van der Waals surface area (Å²) in [5, 5.41) is 6.73. The molecule has 2 aromatic heterocycles. The molecule has 0 bridgehead atoms. The quantitative estimate of drug-likeness (QED) is 0.259. The fourth-order valence-electron chi connectivity index (χ4n) is 4.95. The Kier molecular flexibility index (Phi) is 8.31. The molecule has 4 N–H and O–H groups in total. The number of hydrogen-bond donors (Lipinski definition) is 4. The summed E-state index contributed by atoms with van der Waals surface area (Å²) in [5.74, 6) is -0.211. The Morgan fingerprint density at radius 1 is 1.11 bits per heavy atom. The normalized spacial score (nSPS) is 16.6. The fraction of sp³-hybridized carbons (Fsp3) is 0.333. The molecule has 3 heterocycles. The van der Waals surface area contributed by atoms with Gasteiger partial charge in [0.05, 0.1) is 16.6 Å². The number of thiocarbonyl (C=S) groups is 1. The van der Waals surface area contributed by atoms with Crippen molar-refractivity contribution in [1.82, 2.24) is 30.9 Å². The van der Waals surface area contributed by atoms with Crippen molar-refractivity contribution in [2.45, 2.75) is 31.7 Å². The molecule has 0 saturated carbocycles. The molecule has 1 aromatic carbocycles. The Bertz CT molecular complexity index is 1330. The van der Waals surface area contributed by atoms with Gasteiger partial charge >= 0.3 is 0 Å². The minimum Gasteiger partial charge on any atom is -0.351 e. The first-order valence-electron chi connectivity index (χ1n) is 12.7. The van der Waals surface area contributed by atoms with Crippen LogP contribution in [-0.2, 0) is 12.8 Å². The summed E-state index contributed by atoms with van der Waals surface area (Å²) >= 11 is 11.9. The van der Waals surface area contributed by atoms with E-state index in [2.05, 4.69) is 36.4 Å². The average Bonchev–Trinajstić information content (AvgIpc) is 3.39. The van der Waals surface area contributed by atoms with Crippen LogP contribution in [0, 0.1) is 5.82 Å². The molecule has 1 aliphatic heterocycles. The Morgan fingerprint density at radius 2 is 1.89 bits per heavy atom. The number of amides is 1. The van der Waals surface area contributed by atoms with Crippen LogP contribution in [0.3, 0.4) is 0 Å². The molecule has 5 rings (SSSR count). The van der Waals surface area contributed by atoms with Crippen molar-refractivity contribution in [2.24, 2.45) is 0 Å². The van der Waals surface area contributed by atoms with Gasteiger partial charge in [0, 0.05) is 37.2 Å². The monoisotopic (exact) mass is 553 g/mol. The third kappa shape index (κ3) is 6.20. The molecule has 0 spiro atoms. The number of likely N-dealkylation sites (tertiary alicyclic amines) is 1. The van der Waals surface area contributed by atoms with E-state index in [0.717, 1.165) is 54.7 Å². The minimum atomic E-state index is -0.385. The number of fused-ring (bicyclic) bond motifs is 2. The maximum absolute atomic E-state index is 14.2. The SMILES string of the molecule is O=C(NCCN1CCCC1)c1cnc(NNC(=S)NC2c3cnccc3CCc3ccc(F)cc32)c(Cl)c1. The van der Waals surface area contributed by atoms with Gasteiger partial charge < -0.3 is 15.5 Å². The van der Waals surface area contributed by atoms with Gasteiger partial charge in [-0.05, 0) is 91.9 Å². The molecule has 8 nitrogen and oxygen atoms in total. The Balaban J connectivity index is 1.21. The van der Waals surface area contributed by atoms with Crippen LogP contribution in [0.2, 0.25) is 5.02 Å². The zero-order valence-electron chi connectivity index (χ0n) is 20.8. The molecule has 3 aromatic rings. The number of nitrogens with zero attached hydrogens (tertiary/aromatic N) is 3. The lowest BCUT2D eigenvalue weighted by atomic mass is 9.96. The van der Waals surface area contributed by atoms with Gasteiger partial charge in [-0.15, -0.1) is 0 Å². The van der Waals surface area contributed by atoms with Gasteiger partial charge in [-0.2, -0.15) is 0 Å². The number of rotatable bonds is 7. The summed E-state index contributed by atoms with van der Waals surface area (Å²) in [6, 6.07) is 8.00. The van der Waals surface area contributed by atoms with Crippen LogP contribution in [0.1, 0.15) is 51.5 Å². The zero-order chi connectivity index (χ0) is 26.5. The van der Waals surface area contributed by atoms with Crippen LogP contribution in [0.15, 0.2) is 48.9 Å². The van der Waals surface area contributed by atoms with Crippen molar-refractivity contribution in [3.63, 3.8) is 0 Å². The molecule has 0 radical (unpaired) electrons. The summed E-state index contributed by atoms with van der Waals surface area (Å²) in [4.78, 5) is 23.4. The Hall–Kier alpha value is -3.34. The molecule has 1 aliphatic carbocycles. The topological polar surface area (TPSA) is 94.2 Å². The van der Waals surface area contributed by atoms with Crippen molar-refractivity contribution in [3.8, 4) is 0 Å². The lowest BCUT2D eigenvalue weighted by Crippen LogP contribution is -2.41. The van der Waals surface area contributed by atoms with Gasteiger partial charge in [0.15, 0.2) is 10.9 Å². The highest BCUT2D eigenvalue weighted by molar-refractivity contribution is 7.80. The largest absolute Gasteiger partial charge is 0.351 e. The second kappa shape index (κ2) is 12.0. The number of carbonyl (C=O) groups is 1. The number of benzene rings is 1. The summed E-state index contributed by atoms with van der Waals surface area (Å²) in [6.45, 7) is 3.58. The predicted octanol–water partition coefficient (Wildman–Crippen LogP) is 3.77. The maximum Gasteiger partial charge on any atom is 0.252 e. The highest BCUT2D eigenvalue weighted by Crippen LogP contribution is 2.32. The molecule has 38 heavy (non-hydrogen) atoms. The van der Waals surface area contributed by atoms with E-state index in [1.165, 1.54) is 25.1 Å². The van der Waals surface area contributed by atoms with Crippen molar-refractivity contribution < 1.29 is 9.18 Å². The van der Waals surface area contributed by atoms with Gasteiger partial charge in [-0.1, -0.05) is 17.7 Å². The number of hydrazine groups is 1. The molecule has 1 saturated heterocycles. The number of aromatic nitrogens is 2. The molecule has 11 heteroatoms. The van der Waals surface area contributed by atoms with Crippen molar-refractivity contribution in [1.29, 1.82) is 0 Å². The lowest BCUT2D eigenvalue weighted by molar-refractivity contribution is 0.0949. The number of carbonyl (C=O) groups excluding carboxylic acids is 1. The number of pyridine rings is 2. The number of halogens is 2. The fourth-order valence-corrected chi connectivity index (χ4v) is 5.33. The molecular formula is C27H29ClFN7OS. The second-order valence-electron chi connectivity index (χ2n) is 9.43.